The van der Waals surface area contributed by atoms with Gasteiger partial charge in [0.2, 0.25) is 0 Å². The first-order chi connectivity index (χ1) is 18.1. The lowest BCUT2D eigenvalue weighted by Gasteiger charge is -2.30. The topological polar surface area (TPSA) is 59.6 Å². The second-order valence-electron chi connectivity index (χ2n) is 11.6. The van der Waals surface area contributed by atoms with Crippen molar-refractivity contribution in [2.45, 2.75) is 70.9 Å². The second kappa shape index (κ2) is 10.2. The smallest absolute Gasteiger partial charge is 0.163 e. The average Bonchev–Trinajstić information content (AvgIpc) is 3.05. The normalized spacial score (nSPS) is 19.2. The summed E-state index contributed by atoms with van der Waals surface area (Å²) in [5, 5.41) is 7.29. The van der Waals surface area contributed by atoms with Crippen LogP contribution in [0.4, 0.5) is 11.4 Å². The zero-order valence-corrected chi connectivity index (χ0v) is 23.2. The number of rotatable bonds is 5. The molecule has 0 saturated carbocycles. The van der Waals surface area contributed by atoms with Crippen LogP contribution < -0.4 is 20.1 Å². The standard InChI is InChI=1S/C33H38N2O3/c1-20(2)38-29-16-13-22(19-30(29)37-6)32-31-27(34-25-9-7-8-10-26(25)35-32)17-23(18-28(31)36)21-11-14-24(15-12-21)33(3,4)5/h7-16,19-20,23,32,34-35H,17-18H2,1-6H3. The van der Waals surface area contributed by atoms with E-state index < -0.39 is 0 Å². The van der Waals surface area contributed by atoms with E-state index in [1.165, 1.54) is 11.1 Å². The first-order valence-corrected chi connectivity index (χ1v) is 13.5. The van der Waals surface area contributed by atoms with Gasteiger partial charge < -0.3 is 20.1 Å². The Kier molecular flexibility index (Phi) is 6.95. The fourth-order valence-corrected chi connectivity index (χ4v) is 5.45. The Hall–Kier alpha value is -3.73. The first-order valence-electron chi connectivity index (χ1n) is 13.5. The van der Waals surface area contributed by atoms with Crippen LogP contribution in [-0.2, 0) is 10.2 Å². The molecular weight excluding hydrogens is 472 g/mol. The molecule has 0 saturated heterocycles. The fourth-order valence-electron chi connectivity index (χ4n) is 5.45. The minimum absolute atomic E-state index is 0.0328. The number of hydrogen-bond acceptors (Lipinski definition) is 5. The fraction of sp³-hybridized carbons (Fsp3) is 0.364. The summed E-state index contributed by atoms with van der Waals surface area (Å²) in [6.07, 6.45) is 1.29. The molecule has 0 aromatic heterocycles. The molecule has 38 heavy (non-hydrogen) atoms. The van der Waals surface area contributed by atoms with Crippen molar-refractivity contribution in [2.24, 2.45) is 0 Å². The van der Waals surface area contributed by atoms with Gasteiger partial charge in [-0.1, -0.05) is 63.2 Å². The zero-order chi connectivity index (χ0) is 27.0. The van der Waals surface area contributed by atoms with E-state index in [9.17, 15) is 4.79 Å². The number of hydrogen-bond donors (Lipinski definition) is 2. The number of ether oxygens (including phenoxy) is 2. The molecule has 1 aliphatic carbocycles. The van der Waals surface area contributed by atoms with Crippen molar-refractivity contribution in [3.05, 3.63) is 94.7 Å². The minimum Gasteiger partial charge on any atom is -0.493 e. The maximum Gasteiger partial charge on any atom is 0.163 e. The molecule has 0 spiro atoms. The lowest BCUT2D eigenvalue weighted by molar-refractivity contribution is -0.116. The van der Waals surface area contributed by atoms with Crippen molar-refractivity contribution in [3.8, 4) is 11.5 Å². The molecule has 5 heteroatoms. The summed E-state index contributed by atoms with van der Waals surface area (Å²) in [5.74, 6) is 1.65. The van der Waals surface area contributed by atoms with Crippen LogP contribution >= 0.6 is 0 Å². The van der Waals surface area contributed by atoms with Crippen molar-refractivity contribution in [2.75, 3.05) is 17.7 Å². The highest BCUT2D eigenvalue weighted by atomic mass is 16.5. The Morgan fingerprint density at radius 1 is 0.868 bits per heavy atom. The van der Waals surface area contributed by atoms with Gasteiger partial charge in [0.05, 0.1) is 30.6 Å². The van der Waals surface area contributed by atoms with E-state index in [2.05, 4.69) is 67.8 Å². The Morgan fingerprint density at radius 3 is 2.21 bits per heavy atom. The lowest BCUT2D eigenvalue weighted by Crippen LogP contribution is -2.27. The van der Waals surface area contributed by atoms with Crippen LogP contribution in [-0.4, -0.2) is 19.0 Å². The van der Waals surface area contributed by atoms with Crippen LogP contribution in [0, 0.1) is 0 Å². The van der Waals surface area contributed by atoms with Gasteiger partial charge in [-0.05, 0) is 72.6 Å². The SMILES string of the molecule is COc1cc(C2Nc3ccccc3NC3=C2C(=O)CC(c2ccc(C(C)(C)C)cc2)C3)ccc1OC(C)C. The van der Waals surface area contributed by atoms with Crippen molar-refractivity contribution in [1.82, 2.24) is 0 Å². The van der Waals surface area contributed by atoms with Crippen molar-refractivity contribution in [1.29, 1.82) is 0 Å². The van der Waals surface area contributed by atoms with Gasteiger partial charge in [0.15, 0.2) is 17.3 Å². The van der Waals surface area contributed by atoms with E-state index in [4.69, 9.17) is 9.47 Å². The molecular formula is C33H38N2O3. The van der Waals surface area contributed by atoms with Crippen LogP contribution in [0.15, 0.2) is 78.0 Å². The van der Waals surface area contributed by atoms with Crippen LogP contribution in [0.2, 0.25) is 0 Å². The number of nitrogens with one attached hydrogen (secondary N) is 2. The molecule has 2 N–H and O–H groups in total. The molecule has 0 amide bonds. The van der Waals surface area contributed by atoms with Crippen LogP contribution in [0.1, 0.15) is 76.1 Å². The molecule has 2 atom stereocenters. The van der Waals surface area contributed by atoms with Crippen molar-refractivity contribution < 1.29 is 14.3 Å². The maximum absolute atomic E-state index is 13.9. The molecule has 3 aromatic rings. The summed E-state index contributed by atoms with van der Waals surface area (Å²) in [6, 6.07) is 22.6. The first kappa shape index (κ1) is 25.9. The van der Waals surface area contributed by atoms with Gasteiger partial charge in [-0.15, -0.1) is 0 Å². The Bertz CT molecular complexity index is 1370. The molecule has 5 nitrogen and oxygen atoms in total. The number of anilines is 2. The molecule has 1 heterocycles. The van der Waals surface area contributed by atoms with E-state index in [1.807, 2.05) is 44.2 Å². The van der Waals surface area contributed by atoms with Crippen LogP contribution in [0.5, 0.6) is 11.5 Å². The number of allylic oxidation sites excluding steroid dienone is 1. The summed E-state index contributed by atoms with van der Waals surface area (Å²) >= 11 is 0. The van der Waals surface area contributed by atoms with Gasteiger partial charge in [-0.3, -0.25) is 4.79 Å². The largest absolute Gasteiger partial charge is 0.493 e. The minimum atomic E-state index is -0.306. The van der Waals surface area contributed by atoms with Gasteiger partial charge in [0.25, 0.3) is 0 Å². The van der Waals surface area contributed by atoms with Gasteiger partial charge in [0.1, 0.15) is 0 Å². The predicted molar refractivity (Wildman–Crippen MR) is 154 cm³/mol. The monoisotopic (exact) mass is 510 g/mol. The van der Waals surface area contributed by atoms with Gasteiger partial charge in [0, 0.05) is 17.7 Å². The van der Waals surface area contributed by atoms with E-state index in [1.54, 1.807) is 7.11 Å². The average molecular weight is 511 g/mol. The van der Waals surface area contributed by atoms with E-state index >= 15 is 0 Å². The Balaban J connectivity index is 1.55. The quantitative estimate of drug-likeness (QED) is 0.367. The zero-order valence-electron chi connectivity index (χ0n) is 23.2. The number of para-hydroxylation sites is 2. The number of carbonyl (C=O) groups excluding carboxylic acids is 1. The number of methoxy groups -OCH3 is 1. The number of fused-ring (bicyclic) bond motifs is 1. The molecule has 5 rings (SSSR count). The molecule has 2 aliphatic rings. The molecule has 1 aliphatic heterocycles. The van der Waals surface area contributed by atoms with Crippen molar-refractivity contribution in [3.63, 3.8) is 0 Å². The third-order valence-electron chi connectivity index (χ3n) is 7.44. The maximum atomic E-state index is 13.9. The number of ketones is 1. The van der Waals surface area contributed by atoms with E-state index in [-0.39, 0.29) is 29.3 Å². The second-order valence-corrected chi connectivity index (χ2v) is 11.6. The van der Waals surface area contributed by atoms with E-state index in [0.29, 0.717) is 17.9 Å². The summed E-state index contributed by atoms with van der Waals surface area (Å²) in [4.78, 5) is 13.9. The molecule has 0 bridgehead atoms. The predicted octanol–water partition coefficient (Wildman–Crippen LogP) is 7.76. The number of benzene rings is 3. The molecule has 3 aromatic carbocycles. The van der Waals surface area contributed by atoms with Crippen molar-refractivity contribution >= 4 is 17.2 Å². The third kappa shape index (κ3) is 5.15. The van der Waals surface area contributed by atoms with Gasteiger partial charge >= 0.3 is 0 Å². The number of Topliss-reactive ketones (excluding diaryl/α,β-unsaturated/α-hetero) is 1. The highest BCUT2D eigenvalue weighted by Gasteiger charge is 2.36. The molecule has 198 valence electrons. The Labute approximate surface area is 226 Å². The van der Waals surface area contributed by atoms with Gasteiger partial charge in [-0.2, -0.15) is 0 Å². The summed E-state index contributed by atoms with van der Waals surface area (Å²) in [6.45, 7) is 10.7. The summed E-state index contributed by atoms with van der Waals surface area (Å²) < 4.78 is 11.6. The van der Waals surface area contributed by atoms with Gasteiger partial charge in [-0.25, -0.2) is 0 Å². The lowest BCUT2D eigenvalue weighted by atomic mass is 9.77. The summed E-state index contributed by atoms with van der Waals surface area (Å²) in [5.41, 5.74) is 7.28. The summed E-state index contributed by atoms with van der Waals surface area (Å²) in [7, 11) is 1.65. The molecule has 0 radical (unpaired) electrons. The highest BCUT2D eigenvalue weighted by Crippen LogP contribution is 2.45. The highest BCUT2D eigenvalue weighted by molar-refractivity contribution is 6.01. The molecule has 2 unspecified atom stereocenters. The number of carbonyl (C=O) groups is 1. The Morgan fingerprint density at radius 2 is 1.55 bits per heavy atom. The molecule has 0 fully saturated rings. The third-order valence-corrected chi connectivity index (χ3v) is 7.44. The van der Waals surface area contributed by atoms with Crippen LogP contribution in [0.25, 0.3) is 0 Å². The van der Waals surface area contributed by atoms with Crippen LogP contribution in [0.3, 0.4) is 0 Å². The van der Waals surface area contributed by atoms with E-state index in [0.717, 1.165) is 34.6 Å².